The lowest BCUT2D eigenvalue weighted by Crippen LogP contribution is -2.10. The van der Waals surface area contributed by atoms with Crippen LogP contribution in [0, 0.1) is 22.9 Å². The van der Waals surface area contributed by atoms with E-state index in [2.05, 4.69) is 0 Å². The van der Waals surface area contributed by atoms with Crippen LogP contribution in [-0.2, 0) is 12.8 Å². The van der Waals surface area contributed by atoms with Gasteiger partial charge in [-0.3, -0.25) is 10.1 Å². The van der Waals surface area contributed by atoms with Crippen LogP contribution in [0.1, 0.15) is 29.5 Å². The molecular weight excluding hydrogens is 197 g/mol. The highest BCUT2D eigenvalue weighted by molar-refractivity contribution is 5.51. The van der Waals surface area contributed by atoms with Crippen LogP contribution in [0.2, 0.25) is 0 Å². The third-order valence-electron chi connectivity index (χ3n) is 2.98. The zero-order chi connectivity index (χ0) is 11.0. The number of fused-ring (bicyclic) bond motifs is 1. The Bertz CT molecular complexity index is 429. The molecule has 0 saturated heterocycles. The number of aryl methyl sites for hydroxylation is 1. The number of hydrogen-bond acceptors (Lipinski definition) is 2. The second-order valence-electron chi connectivity index (χ2n) is 3.95. The first-order valence-corrected chi connectivity index (χ1v) is 5.06. The zero-order valence-electron chi connectivity index (χ0n) is 8.55. The first-order valence-electron chi connectivity index (χ1n) is 5.06. The van der Waals surface area contributed by atoms with E-state index in [4.69, 9.17) is 0 Å². The standard InChI is InChI=1S/C11H12FNO2/c1-7-6-10(12)11(13(14)15)9-5-3-2-4-8(7)9/h6H,2-5H2,1H3. The van der Waals surface area contributed by atoms with Gasteiger partial charge in [-0.05, 0) is 49.8 Å². The number of benzene rings is 1. The predicted molar refractivity (Wildman–Crippen MR) is 54.4 cm³/mol. The molecule has 4 heteroatoms. The minimum absolute atomic E-state index is 0.310. The summed E-state index contributed by atoms with van der Waals surface area (Å²) in [7, 11) is 0. The highest BCUT2D eigenvalue weighted by Gasteiger charge is 2.26. The Morgan fingerprint density at radius 1 is 1.33 bits per heavy atom. The van der Waals surface area contributed by atoms with Crippen molar-refractivity contribution in [3.05, 3.63) is 38.7 Å². The molecule has 0 aromatic heterocycles. The summed E-state index contributed by atoms with van der Waals surface area (Å²) in [5, 5.41) is 10.8. The summed E-state index contributed by atoms with van der Waals surface area (Å²) < 4.78 is 13.4. The van der Waals surface area contributed by atoms with E-state index in [0.29, 0.717) is 12.0 Å². The fourth-order valence-corrected chi connectivity index (χ4v) is 2.29. The van der Waals surface area contributed by atoms with E-state index in [-0.39, 0.29) is 5.69 Å². The third-order valence-corrected chi connectivity index (χ3v) is 2.98. The molecule has 0 fully saturated rings. The molecule has 0 unspecified atom stereocenters. The van der Waals surface area contributed by atoms with E-state index in [1.165, 1.54) is 6.07 Å². The van der Waals surface area contributed by atoms with Crippen LogP contribution < -0.4 is 0 Å². The molecule has 0 aliphatic heterocycles. The molecule has 2 rings (SSSR count). The summed E-state index contributed by atoms with van der Waals surface area (Å²) in [6, 6.07) is 1.28. The van der Waals surface area contributed by atoms with Crippen molar-refractivity contribution < 1.29 is 9.31 Å². The number of hydrogen-bond donors (Lipinski definition) is 0. The Morgan fingerprint density at radius 2 is 1.93 bits per heavy atom. The normalized spacial score (nSPS) is 14.8. The highest BCUT2D eigenvalue weighted by atomic mass is 19.1. The summed E-state index contributed by atoms with van der Waals surface area (Å²) in [6.45, 7) is 1.82. The van der Waals surface area contributed by atoms with Gasteiger partial charge in [-0.1, -0.05) is 0 Å². The smallest absolute Gasteiger partial charge is 0.258 e. The second kappa shape index (κ2) is 3.61. The van der Waals surface area contributed by atoms with Crippen molar-refractivity contribution in [2.45, 2.75) is 32.6 Å². The van der Waals surface area contributed by atoms with Gasteiger partial charge >= 0.3 is 5.69 Å². The first kappa shape index (κ1) is 10.1. The van der Waals surface area contributed by atoms with E-state index in [0.717, 1.165) is 30.4 Å². The molecule has 1 aliphatic rings. The van der Waals surface area contributed by atoms with Crippen LogP contribution >= 0.6 is 0 Å². The van der Waals surface area contributed by atoms with Crippen LogP contribution in [0.3, 0.4) is 0 Å². The molecule has 1 aliphatic carbocycles. The average molecular weight is 209 g/mol. The number of nitro benzene ring substituents is 1. The topological polar surface area (TPSA) is 43.1 Å². The molecule has 3 nitrogen and oxygen atoms in total. The molecule has 0 heterocycles. The molecule has 1 aromatic carbocycles. The van der Waals surface area contributed by atoms with E-state index in [1.807, 2.05) is 6.92 Å². The number of nitro groups is 1. The maximum Gasteiger partial charge on any atom is 0.308 e. The summed E-state index contributed by atoms with van der Waals surface area (Å²) in [5.74, 6) is -0.696. The first-order chi connectivity index (χ1) is 7.11. The molecule has 0 saturated carbocycles. The van der Waals surface area contributed by atoms with Crippen LogP contribution in [0.25, 0.3) is 0 Å². The van der Waals surface area contributed by atoms with E-state index >= 15 is 0 Å². The summed E-state index contributed by atoms with van der Waals surface area (Å²) in [6.07, 6.45) is 3.42. The monoisotopic (exact) mass is 209 g/mol. The average Bonchev–Trinajstić information content (AvgIpc) is 2.17. The van der Waals surface area contributed by atoms with Crippen molar-refractivity contribution in [1.29, 1.82) is 0 Å². The van der Waals surface area contributed by atoms with Gasteiger partial charge in [-0.15, -0.1) is 0 Å². The lowest BCUT2D eigenvalue weighted by atomic mass is 9.87. The summed E-state index contributed by atoms with van der Waals surface area (Å²) in [5.41, 5.74) is 2.13. The van der Waals surface area contributed by atoms with E-state index in [1.54, 1.807) is 0 Å². The van der Waals surface area contributed by atoms with Crippen LogP contribution in [0.15, 0.2) is 6.07 Å². The zero-order valence-corrected chi connectivity index (χ0v) is 8.55. The van der Waals surface area contributed by atoms with Crippen molar-refractivity contribution in [1.82, 2.24) is 0 Å². The largest absolute Gasteiger partial charge is 0.308 e. The second-order valence-corrected chi connectivity index (χ2v) is 3.95. The molecule has 0 radical (unpaired) electrons. The fourth-order valence-electron chi connectivity index (χ4n) is 2.29. The number of nitrogens with zero attached hydrogens (tertiary/aromatic N) is 1. The van der Waals surface area contributed by atoms with Crippen molar-refractivity contribution >= 4 is 5.69 Å². The predicted octanol–water partition coefficient (Wildman–Crippen LogP) is 2.92. The molecular formula is C11H12FNO2. The van der Waals surface area contributed by atoms with Crippen LogP contribution in [0.5, 0.6) is 0 Å². The van der Waals surface area contributed by atoms with Gasteiger partial charge in [0, 0.05) is 5.56 Å². The molecule has 15 heavy (non-hydrogen) atoms. The van der Waals surface area contributed by atoms with Gasteiger partial charge in [0.25, 0.3) is 0 Å². The Hall–Kier alpha value is -1.45. The minimum atomic E-state index is -0.696. The third kappa shape index (κ3) is 1.60. The Morgan fingerprint density at radius 3 is 2.53 bits per heavy atom. The van der Waals surface area contributed by atoms with E-state index in [9.17, 15) is 14.5 Å². The maximum absolute atomic E-state index is 13.4. The van der Waals surface area contributed by atoms with Gasteiger partial charge in [-0.25, -0.2) is 0 Å². The fraction of sp³-hybridized carbons (Fsp3) is 0.455. The van der Waals surface area contributed by atoms with Crippen molar-refractivity contribution in [3.8, 4) is 0 Å². The number of rotatable bonds is 1. The lowest BCUT2D eigenvalue weighted by Gasteiger charge is -2.17. The van der Waals surface area contributed by atoms with Crippen LogP contribution in [0.4, 0.5) is 10.1 Å². The molecule has 0 bridgehead atoms. The Labute approximate surface area is 87.1 Å². The van der Waals surface area contributed by atoms with Gasteiger partial charge in [0.2, 0.25) is 5.82 Å². The molecule has 80 valence electrons. The van der Waals surface area contributed by atoms with Gasteiger partial charge in [-0.2, -0.15) is 4.39 Å². The molecule has 0 N–H and O–H groups in total. The van der Waals surface area contributed by atoms with Crippen molar-refractivity contribution in [2.75, 3.05) is 0 Å². The Balaban J connectivity index is 2.68. The quantitative estimate of drug-likeness (QED) is 0.527. The molecule has 1 aromatic rings. The van der Waals surface area contributed by atoms with Gasteiger partial charge < -0.3 is 0 Å². The van der Waals surface area contributed by atoms with Crippen molar-refractivity contribution in [3.63, 3.8) is 0 Å². The van der Waals surface area contributed by atoms with Gasteiger partial charge in [0.1, 0.15) is 0 Å². The van der Waals surface area contributed by atoms with Crippen LogP contribution in [-0.4, -0.2) is 4.92 Å². The summed E-state index contributed by atoms with van der Waals surface area (Å²) >= 11 is 0. The lowest BCUT2D eigenvalue weighted by molar-refractivity contribution is -0.388. The minimum Gasteiger partial charge on any atom is -0.258 e. The van der Waals surface area contributed by atoms with Crippen molar-refractivity contribution in [2.24, 2.45) is 0 Å². The molecule has 0 spiro atoms. The maximum atomic E-state index is 13.4. The highest BCUT2D eigenvalue weighted by Crippen LogP contribution is 2.33. The van der Waals surface area contributed by atoms with Gasteiger partial charge in [0.15, 0.2) is 0 Å². The van der Waals surface area contributed by atoms with E-state index < -0.39 is 10.7 Å². The number of halogens is 1. The SMILES string of the molecule is Cc1cc(F)c([N+](=O)[O-])c2c1CCCC2. The van der Waals surface area contributed by atoms with Gasteiger partial charge in [0.05, 0.1) is 4.92 Å². The molecule has 0 amide bonds. The molecule has 0 atom stereocenters. The Kier molecular flexibility index (Phi) is 2.42. The summed E-state index contributed by atoms with van der Waals surface area (Å²) in [4.78, 5) is 10.2.